The van der Waals surface area contributed by atoms with Crippen LogP contribution in [0, 0.1) is 0 Å². The number of carbonyl (C=O) groups is 2. The van der Waals surface area contributed by atoms with Crippen LogP contribution in [0.2, 0.25) is 5.02 Å². The molecule has 0 saturated heterocycles. The second kappa shape index (κ2) is 6.01. The molecule has 4 nitrogen and oxygen atoms in total. The summed E-state index contributed by atoms with van der Waals surface area (Å²) < 4.78 is 1.08. The molecule has 2 amide bonds. The lowest BCUT2D eigenvalue weighted by atomic mass is 10.1. The summed E-state index contributed by atoms with van der Waals surface area (Å²) in [6.45, 7) is 0. The Bertz CT molecular complexity index is 1180. The Hall–Kier alpha value is -3.02. The van der Waals surface area contributed by atoms with Gasteiger partial charge >= 0.3 is 0 Å². The minimum atomic E-state index is -0.334. The summed E-state index contributed by atoms with van der Waals surface area (Å²) in [6, 6.07) is 19.9. The Labute approximate surface area is 163 Å². The SMILES string of the molecule is O=C1c2ccccc2C(=O)N1c1ccc(-c2nc3ccccc3s2)c(Cl)c1. The van der Waals surface area contributed by atoms with Crippen LogP contribution < -0.4 is 4.90 Å². The zero-order chi connectivity index (χ0) is 18.5. The number of amides is 2. The second-order valence-electron chi connectivity index (χ2n) is 6.14. The van der Waals surface area contributed by atoms with E-state index in [-0.39, 0.29) is 11.8 Å². The van der Waals surface area contributed by atoms with E-state index < -0.39 is 0 Å². The van der Waals surface area contributed by atoms with Crippen molar-refractivity contribution in [1.29, 1.82) is 0 Å². The van der Waals surface area contributed by atoms with Crippen molar-refractivity contribution in [3.8, 4) is 10.6 Å². The fourth-order valence-electron chi connectivity index (χ4n) is 3.23. The number of thiazole rings is 1. The van der Waals surface area contributed by atoms with E-state index in [9.17, 15) is 9.59 Å². The number of rotatable bonds is 2. The number of fused-ring (bicyclic) bond motifs is 2. The maximum absolute atomic E-state index is 12.6. The highest BCUT2D eigenvalue weighted by Gasteiger charge is 2.36. The van der Waals surface area contributed by atoms with E-state index in [2.05, 4.69) is 4.98 Å². The summed E-state index contributed by atoms with van der Waals surface area (Å²) in [4.78, 5) is 31.1. The van der Waals surface area contributed by atoms with Crippen LogP contribution in [-0.2, 0) is 0 Å². The van der Waals surface area contributed by atoms with Crippen LogP contribution in [0.15, 0.2) is 66.7 Å². The number of halogens is 1. The van der Waals surface area contributed by atoms with Gasteiger partial charge < -0.3 is 0 Å². The molecule has 6 heteroatoms. The smallest absolute Gasteiger partial charge is 0.266 e. The van der Waals surface area contributed by atoms with Crippen LogP contribution in [0.3, 0.4) is 0 Å². The first-order valence-electron chi connectivity index (χ1n) is 8.27. The molecule has 0 bridgehead atoms. The van der Waals surface area contributed by atoms with Crippen LogP contribution in [0.1, 0.15) is 20.7 Å². The van der Waals surface area contributed by atoms with Gasteiger partial charge in [-0.3, -0.25) is 9.59 Å². The number of aromatic nitrogens is 1. The summed E-state index contributed by atoms with van der Waals surface area (Å²) in [5, 5.41) is 1.25. The summed E-state index contributed by atoms with van der Waals surface area (Å²) in [6.07, 6.45) is 0. The predicted octanol–water partition coefficient (Wildman–Crippen LogP) is 5.42. The summed E-state index contributed by atoms with van der Waals surface area (Å²) >= 11 is 8.04. The number of carbonyl (C=O) groups excluding carboxylic acids is 2. The lowest BCUT2D eigenvalue weighted by Gasteiger charge is -2.15. The molecular weight excluding hydrogens is 380 g/mol. The van der Waals surface area contributed by atoms with Crippen molar-refractivity contribution in [3.63, 3.8) is 0 Å². The Morgan fingerprint density at radius 2 is 1.48 bits per heavy atom. The molecule has 130 valence electrons. The maximum Gasteiger partial charge on any atom is 0.266 e. The Kier molecular flexibility index (Phi) is 3.60. The highest BCUT2D eigenvalue weighted by atomic mass is 35.5. The minimum Gasteiger partial charge on any atom is -0.268 e. The quantitative estimate of drug-likeness (QED) is 0.429. The summed E-state index contributed by atoms with van der Waals surface area (Å²) in [5.41, 5.74) is 2.97. The number of nitrogens with zero attached hydrogens (tertiary/aromatic N) is 2. The third-order valence-corrected chi connectivity index (χ3v) is 5.91. The maximum atomic E-state index is 12.6. The largest absolute Gasteiger partial charge is 0.268 e. The van der Waals surface area contributed by atoms with Crippen LogP contribution in [0.25, 0.3) is 20.8 Å². The fourth-order valence-corrected chi connectivity index (χ4v) is 4.55. The molecule has 4 aromatic rings. The van der Waals surface area contributed by atoms with Crippen molar-refractivity contribution in [2.24, 2.45) is 0 Å². The van der Waals surface area contributed by atoms with Crippen LogP contribution in [-0.4, -0.2) is 16.8 Å². The van der Waals surface area contributed by atoms with Gasteiger partial charge in [0.15, 0.2) is 0 Å². The third kappa shape index (κ3) is 2.47. The molecule has 27 heavy (non-hydrogen) atoms. The van der Waals surface area contributed by atoms with Crippen molar-refractivity contribution in [1.82, 2.24) is 4.98 Å². The van der Waals surface area contributed by atoms with Gasteiger partial charge in [-0.05, 0) is 42.5 Å². The molecule has 5 rings (SSSR count). The van der Waals surface area contributed by atoms with Gasteiger partial charge in [0.2, 0.25) is 0 Å². The molecule has 1 aliphatic heterocycles. The van der Waals surface area contributed by atoms with Gasteiger partial charge in [0.1, 0.15) is 5.01 Å². The Morgan fingerprint density at radius 3 is 2.15 bits per heavy atom. The van der Waals surface area contributed by atoms with E-state index in [1.807, 2.05) is 24.3 Å². The van der Waals surface area contributed by atoms with Crippen LogP contribution in [0.4, 0.5) is 5.69 Å². The van der Waals surface area contributed by atoms with E-state index in [4.69, 9.17) is 11.6 Å². The van der Waals surface area contributed by atoms with Crippen LogP contribution >= 0.6 is 22.9 Å². The highest BCUT2D eigenvalue weighted by molar-refractivity contribution is 7.21. The average molecular weight is 391 g/mol. The zero-order valence-electron chi connectivity index (χ0n) is 13.8. The van der Waals surface area contributed by atoms with E-state index in [1.165, 1.54) is 4.90 Å². The molecular formula is C21H11ClN2O2S. The highest BCUT2D eigenvalue weighted by Crippen LogP contribution is 2.37. The molecule has 0 spiro atoms. The number of para-hydroxylation sites is 1. The van der Waals surface area contributed by atoms with Crippen molar-refractivity contribution in [2.75, 3.05) is 4.90 Å². The number of anilines is 1. The van der Waals surface area contributed by atoms with Gasteiger partial charge in [-0.1, -0.05) is 35.9 Å². The van der Waals surface area contributed by atoms with Crippen molar-refractivity contribution in [2.45, 2.75) is 0 Å². The molecule has 0 unspecified atom stereocenters. The first-order chi connectivity index (χ1) is 13.1. The lowest BCUT2D eigenvalue weighted by Crippen LogP contribution is -2.29. The molecule has 2 heterocycles. The monoisotopic (exact) mass is 390 g/mol. The van der Waals surface area contributed by atoms with Gasteiger partial charge in [-0.2, -0.15) is 0 Å². The molecule has 0 N–H and O–H groups in total. The van der Waals surface area contributed by atoms with Gasteiger partial charge in [-0.15, -0.1) is 11.3 Å². The van der Waals surface area contributed by atoms with Gasteiger partial charge in [-0.25, -0.2) is 9.88 Å². The van der Waals surface area contributed by atoms with Gasteiger partial charge in [0, 0.05) is 5.56 Å². The van der Waals surface area contributed by atoms with Crippen molar-refractivity contribution in [3.05, 3.63) is 82.9 Å². The van der Waals surface area contributed by atoms with E-state index in [0.29, 0.717) is 21.8 Å². The second-order valence-corrected chi connectivity index (χ2v) is 7.58. The molecule has 0 saturated carbocycles. The molecule has 0 aliphatic carbocycles. The Morgan fingerprint density at radius 1 is 0.815 bits per heavy atom. The molecule has 3 aromatic carbocycles. The molecule has 1 aliphatic rings. The zero-order valence-corrected chi connectivity index (χ0v) is 15.4. The van der Waals surface area contributed by atoms with E-state index in [1.54, 1.807) is 53.8 Å². The standard InChI is InChI=1S/C21H11ClN2O2S/c22-16-11-12(24-20(25)13-5-1-2-6-14(13)21(24)26)9-10-15(16)19-23-17-7-3-4-8-18(17)27-19/h1-11H. The number of hydrogen-bond acceptors (Lipinski definition) is 4. The van der Waals surface area contributed by atoms with Gasteiger partial charge in [0.25, 0.3) is 11.8 Å². The molecule has 0 fully saturated rings. The van der Waals surface area contributed by atoms with Gasteiger partial charge in [0.05, 0.1) is 32.1 Å². The molecule has 0 radical (unpaired) electrons. The summed E-state index contributed by atoms with van der Waals surface area (Å²) in [5.74, 6) is -0.668. The van der Waals surface area contributed by atoms with E-state index >= 15 is 0 Å². The average Bonchev–Trinajstić information content (AvgIpc) is 3.21. The normalized spacial score (nSPS) is 13.4. The van der Waals surface area contributed by atoms with Crippen molar-refractivity contribution >= 4 is 50.7 Å². The van der Waals surface area contributed by atoms with E-state index in [0.717, 1.165) is 20.8 Å². The first-order valence-corrected chi connectivity index (χ1v) is 9.46. The molecule has 0 atom stereocenters. The first kappa shape index (κ1) is 16.2. The Balaban J connectivity index is 1.56. The number of benzene rings is 3. The fraction of sp³-hybridized carbons (Fsp3) is 0. The predicted molar refractivity (Wildman–Crippen MR) is 108 cm³/mol. The van der Waals surface area contributed by atoms with Crippen molar-refractivity contribution < 1.29 is 9.59 Å². The summed E-state index contributed by atoms with van der Waals surface area (Å²) in [7, 11) is 0. The minimum absolute atomic E-state index is 0.334. The van der Waals surface area contributed by atoms with Crippen LogP contribution in [0.5, 0.6) is 0 Å². The number of hydrogen-bond donors (Lipinski definition) is 0. The molecule has 1 aromatic heterocycles. The third-order valence-electron chi connectivity index (χ3n) is 4.53. The number of imide groups is 1. The lowest BCUT2D eigenvalue weighted by molar-refractivity contribution is 0.0926. The topological polar surface area (TPSA) is 50.3 Å².